The van der Waals surface area contributed by atoms with E-state index in [1.165, 1.54) is 16.3 Å². The maximum absolute atomic E-state index is 4.18. The number of nitrogens with zero attached hydrogens (tertiary/aromatic N) is 1. The number of hydrogen-bond acceptors (Lipinski definition) is 2. The molecule has 0 atom stereocenters. The molecule has 102 valence electrons. The van der Waals surface area contributed by atoms with Gasteiger partial charge in [0.05, 0.1) is 0 Å². The Morgan fingerprint density at radius 1 is 1.21 bits per heavy atom. The van der Waals surface area contributed by atoms with Gasteiger partial charge in [0.1, 0.15) is 0 Å². The van der Waals surface area contributed by atoms with Gasteiger partial charge in [-0.3, -0.25) is 4.98 Å². The summed E-state index contributed by atoms with van der Waals surface area (Å²) in [7, 11) is 0. The zero-order valence-corrected chi connectivity index (χ0v) is 12.4. The number of aromatic nitrogens is 1. The first-order valence-corrected chi connectivity index (χ1v) is 7.03. The highest BCUT2D eigenvalue weighted by Gasteiger charge is 2.21. The van der Waals surface area contributed by atoms with Gasteiger partial charge in [0.2, 0.25) is 0 Å². The number of pyridine rings is 1. The zero-order chi connectivity index (χ0) is 13.9. The van der Waals surface area contributed by atoms with Gasteiger partial charge in [-0.2, -0.15) is 0 Å². The summed E-state index contributed by atoms with van der Waals surface area (Å²) in [6.07, 6.45) is 3.79. The molecule has 19 heavy (non-hydrogen) atoms. The number of hydrogen-bond donors (Lipinski definition) is 1. The highest BCUT2D eigenvalue weighted by Crippen LogP contribution is 2.25. The fourth-order valence-electron chi connectivity index (χ4n) is 2.07. The molecule has 0 aliphatic carbocycles. The number of benzene rings is 1. The molecule has 2 rings (SSSR count). The van der Waals surface area contributed by atoms with Crippen LogP contribution < -0.4 is 5.32 Å². The van der Waals surface area contributed by atoms with Gasteiger partial charge >= 0.3 is 0 Å². The van der Waals surface area contributed by atoms with E-state index in [-0.39, 0.29) is 0 Å². The molecule has 0 amide bonds. The van der Waals surface area contributed by atoms with Gasteiger partial charge in [-0.15, -0.1) is 0 Å². The van der Waals surface area contributed by atoms with E-state index in [2.05, 4.69) is 62.3 Å². The molecule has 0 aliphatic heterocycles. The van der Waals surface area contributed by atoms with Crippen LogP contribution in [-0.2, 0) is 6.54 Å². The van der Waals surface area contributed by atoms with E-state index < -0.39 is 0 Å². The summed E-state index contributed by atoms with van der Waals surface area (Å²) in [4.78, 5) is 4.18. The minimum Gasteiger partial charge on any atom is -0.312 e. The third kappa shape index (κ3) is 3.32. The second-order valence-corrected chi connectivity index (χ2v) is 6.26. The van der Waals surface area contributed by atoms with E-state index in [0.717, 1.165) is 13.1 Å². The summed E-state index contributed by atoms with van der Waals surface area (Å²) >= 11 is 0. The Labute approximate surface area is 116 Å². The maximum atomic E-state index is 4.18. The average Bonchev–Trinajstić information content (AvgIpc) is 2.38. The van der Waals surface area contributed by atoms with Crippen molar-refractivity contribution in [3.63, 3.8) is 0 Å². The van der Waals surface area contributed by atoms with Crippen LogP contribution in [0.15, 0.2) is 36.7 Å². The van der Waals surface area contributed by atoms with Crippen LogP contribution in [0.4, 0.5) is 0 Å². The molecule has 1 heterocycles. The molecule has 0 bridgehead atoms. The third-order valence-corrected chi connectivity index (χ3v) is 4.23. The van der Waals surface area contributed by atoms with Crippen molar-refractivity contribution in [1.29, 1.82) is 0 Å². The Morgan fingerprint density at radius 2 is 2.00 bits per heavy atom. The van der Waals surface area contributed by atoms with Crippen molar-refractivity contribution in [2.24, 2.45) is 11.3 Å². The topological polar surface area (TPSA) is 24.9 Å². The summed E-state index contributed by atoms with van der Waals surface area (Å²) in [5, 5.41) is 6.11. The first-order chi connectivity index (χ1) is 9.00. The number of rotatable bonds is 5. The maximum Gasteiger partial charge on any atom is 0.0346 e. The van der Waals surface area contributed by atoms with Gasteiger partial charge in [0, 0.05) is 30.9 Å². The lowest BCUT2D eigenvalue weighted by Gasteiger charge is -2.29. The Balaban J connectivity index is 2.07. The van der Waals surface area contributed by atoms with Crippen LogP contribution in [0.25, 0.3) is 10.8 Å². The van der Waals surface area contributed by atoms with Gasteiger partial charge in [0.15, 0.2) is 0 Å². The fourth-order valence-corrected chi connectivity index (χ4v) is 2.07. The normalized spacial score (nSPS) is 12.3. The van der Waals surface area contributed by atoms with Gasteiger partial charge < -0.3 is 5.32 Å². The molecule has 0 radical (unpaired) electrons. The Morgan fingerprint density at radius 3 is 2.74 bits per heavy atom. The van der Waals surface area contributed by atoms with Gasteiger partial charge in [0.25, 0.3) is 0 Å². The molecule has 0 spiro atoms. The third-order valence-electron chi connectivity index (χ3n) is 4.23. The van der Waals surface area contributed by atoms with Crippen LogP contribution in [0.5, 0.6) is 0 Å². The van der Waals surface area contributed by atoms with E-state index in [9.17, 15) is 0 Å². The van der Waals surface area contributed by atoms with E-state index in [4.69, 9.17) is 0 Å². The van der Waals surface area contributed by atoms with Crippen molar-refractivity contribution in [3.05, 3.63) is 42.2 Å². The summed E-state index contributed by atoms with van der Waals surface area (Å²) < 4.78 is 0. The second-order valence-electron chi connectivity index (χ2n) is 6.26. The van der Waals surface area contributed by atoms with Gasteiger partial charge in [-0.25, -0.2) is 0 Å². The van der Waals surface area contributed by atoms with Gasteiger partial charge in [-0.1, -0.05) is 45.9 Å². The lowest BCUT2D eigenvalue weighted by molar-refractivity contribution is 0.238. The van der Waals surface area contributed by atoms with Crippen LogP contribution in [0, 0.1) is 11.3 Å². The summed E-state index contributed by atoms with van der Waals surface area (Å²) in [5.74, 6) is 0.678. The largest absolute Gasteiger partial charge is 0.312 e. The molecule has 2 heteroatoms. The molecule has 2 nitrogen and oxygen atoms in total. The molecule has 1 N–H and O–H groups in total. The van der Waals surface area contributed by atoms with Crippen LogP contribution in [-0.4, -0.2) is 11.5 Å². The van der Waals surface area contributed by atoms with Gasteiger partial charge in [-0.05, 0) is 28.3 Å². The Hall–Kier alpha value is -1.41. The molecule has 2 aromatic rings. The molecular weight excluding hydrogens is 232 g/mol. The number of fused-ring (bicyclic) bond motifs is 1. The van der Waals surface area contributed by atoms with Crippen LogP contribution in [0.1, 0.15) is 33.3 Å². The highest BCUT2D eigenvalue weighted by atomic mass is 14.9. The van der Waals surface area contributed by atoms with Crippen molar-refractivity contribution in [2.75, 3.05) is 6.54 Å². The van der Waals surface area contributed by atoms with Crippen LogP contribution in [0.2, 0.25) is 0 Å². The lowest BCUT2D eigenvalue weighted by Crippen LogP contribution is -2.33. The predicted molar refractivity (Wildman–Crippen MR) is 82.1 cm³/mol. The highest BCUT2D eigenvalue weighted by molar-refractivity contribution is 5.84. The summed E-state index contributed by atoms with van der Waals surface area (Å²) in [5.41, 5.74) is 1.67. The molecule has 0 fully saturated rings. The predicted octanol–water partition coefficient (Wildman–Crippen LogP) is 4.01. The first kappa shape index (κ1) is 14.0. The van der Waals surface area contributed by atoms with Crippen LogP contribution >= 0.6 is 0 Å². The molecule has 0 saturated heterocycles. The first-order valence-electron chi connectivity index (χ1n) is 7.03. The zero-order valence-electron chi connectivity index (χ0n) is 12.4. The molecule has 0 saturated carbocycles. The van der Waals surface area contributed by atoms with E-state index >= 15 is 0 Å². The van der Waals surface area contributed by atoms with Crippen molar-refractivity contribution in [3.8, 4) is 0 Å². The number of nitrogens with one attached hydrogen (secondary N) is 1. The van der Waals surface area contributed by atoms with Crippen LogP contribution in [0.3, 0.4) is 0 Å². The smallest absolute Gasteiger partial charge is 0.0346 e. The summed E-state index contributed by atoms with van der Waals surface area (Å²) in [6, 6.07) is 8.51. The SMILES string of the molecule is CC(C)C(C)(C)CNCc1cccc2cnccc12. The lowest BCUT2D eigenvalue weighted by atomic mass is 9.81. The molecular formula is C17H24N2. The van der Waals surface area contributed by atoms with Crippen molar-refractivity contribution >= 4 is 10.8 Å². The molecule has 1 aromatic heterocycles. The van der Waals surface area contributed by atoms with Crippen molar-refractivity contribution in [1.82, 2.24) is 10.3 Å². The standard InChI is InChI=1S/C17H24N2/c1-13(2)17(3,4)12-19-11-15-7-5-6-14-10-18-9-8-16(14)15/h5-10,13,19H,11-12H2,1-4H3. The van der Waals surface area contributed by atoms with Crippen molar-refractivity contribution in [2.45, 2.75) is 34.2 Å². The van der Waals surface area contributed by atoms with E-state index in [1.807, 2.05) is 12.4 Å². The Kier molecular flexibility index (Phi) is 4.20. The Bertz CT molecular complexity index is 538. The molecule has 1 aromatic carbocycles. The molecule has 0 unspecified atom stereocenters. The average molecular weight is 256 g/mol. The minimum atomic E-state index is 0.326. The van der Waals surface area contributed by atoms with E-state index in [1.54, 1.807) is 0 Å². The molecule has 0 aliphatic rings. The van der Waals surface area contributed by atoms with Crippen molar-refractivity contribution < 1.29 is 0 Å². The van der Waals surface area contributed by atoms with E-state index in [0.29, 0.717) is 11.3 Å². The monoisotopic (exact) mass is 256 g/mol. The quantitative estimate of drug-likeness (QED) is 0.874. The minimum absolute atomic E-state index is 0.326. The summed E-state index contributed by atoms with van der Waals surface area (Å²) in [6.45, 7) is 11.1. The fraction of sp³-hybridized carbons (Fsp3) is 0.471. The second kappa shape index (κ2) is 5.70.